The van der Waals surface area contributed by atoms with Crippen LogP contribution in [0.2, 0.25) is 0 Å². The molecular weight excluding hydrogens is 250 g/mol. The average molecular weight is 261 g/mol. The Morgan fingerprint density at radius 2 is 2.42 bits per heavy atom. The molecule has 19 heavy (non-hydrogen) atoms. The summed E-state index contributed by atoms with van der Waals surface area (Å²) in [6.07, 6.45) is 1.26. The number of pyridine rings is 1. The molecule has 1 fully saturated rings. The number of carboxylic acids is 1. The SMILES string of the molecule is COc1cc(N2CC(C(=O)O)CC2=O)ncc1C#N. The summed E-state index contributed by atoms with van der Waals surface area (Å²) in [6, 6.07) is 3.38. The number of hydrogen-bond acceptors (Lipinski definition) is 5. The molecule has 7 nitrogen and oxygen atoms in total. The van der Waals surface area contributed by atoms with E-state index in [-0.39, 0.29) is 24.4 Å². The van der Waals surface area contributed by atoms with Crippen LogP contribution in [0.1, 0.15) is 12.0 Å². The molecule has 2 heterocycles. The van der Waals surface area contributed by atoms with Crippen molar-refractivity contribution in [1.29, 1.82) is 5.26 Å². The van der Waals surface area contributed by atoms with Crippen LogP contribution in [0.25, 0.3) is 0 Å². The standard InChI is InChI=1S/C12H11N3O4/c1-19-9-3-10(14-5-8(9)4-13)15-6-7(12(17)18)2-11(15)16/h3,5,7H,2,6H2,1H3,(H,17,18). The highest BCUT2D eigenvalue weighted by Gasteiger charge is 2.35. The van der Waals surface area contributed by atoms with Gasteiger partial charge in [-0.15, -0.1) is 0 Å². The lowest BCUT2D eigenvalue weighted by atomic mass is 10.1. The molecule has 1 saturated heterocycles. The lowest BCUT2D eigenvalue weighted by Crippen LogP contribution is -2.26. The third-order valence-electron chi connectivity index (χ3n) is 2.94. The average Bonchev–Trinajstić information content (AvgIpc) is 2.80. The van der Waals surface area contributed by atoms with Crippen LogP contribution >= 0.6 is 0 Å². The number of nitrogens with zero attached hydrogens (tertiary/aromatic N) is 3. The molecule has 1 atom stereocenters. The van der Waals surface area contributed by atoms with Crippen molar-refractivity contribution < 1.29 is 19.4 Å². The van der Waals surface area contributed by atoms with Gasteiger partial charge in [-0.05, 0) is 0 Å². The number of hydrogen-bond donors (Lipinski definition) is 1. The molecule has 1 N–H and O–H groups in total. The van der Waals surface area contributed by atoms with Gasteiger partial charge in [0.2, 0.25) is 5.91 Å². The zero-order chi connectivity index (χ0) is 14.0. The summed E-state index contributed by atoms with van der Waals surface area (Å²) in [5.74, 6) is -1.43. The first-order valence-electron chi connectivity index (χ1n) is 5.54. The van der Waals surface area contributed by atoms with Crippen molar-refractivity contribution >= 4 is 17.7 Å². The lowest BCUT2D eigenvalue weighted by molar-refractivity contribution is -0.141. The lowest BCUT2D eigenvalue weighted by Gasteiger charge is -2.15. The van der Waals surface area contributed by atoms with Crippen LogP contribution in [-0.4, -0.2) is 35.6 Å². The van der Waals surface area contributed by atoms with Gasteiger partial charge >= 0.3 is 5.97 Å². The highest BCUT2D eigenvalue weighted by atomic mass is 16.5. The number of carbonyl (C=O) groups is 2. The maximum absolute atomic E-state index is 11.8. The zero-order valence-corrected chi connectivity index (χ0v) is 10.2. The molecule has 7 heteroatoms. The number of aromatic nitrogens is 1. The number of carboxylic acid groups (broad SMARTS) is 1. The van der Waals surface area contributed by atoms with Crippen LogP contribution in [0.3, 0.4) is 0 Å². The van der Waals surface area contributed by atoms with Crippen LogP contribution in [0.15, 0.2) is 12.3 Å². The van der Waals surface area contributed by atoms with Crippen LogP contribution < -0.4 is 9.64 Å². The Kier molecular flexibility index (Phi) is 3.33. The summed E-state index contributed by atoms with van der Waals surface area (Å²) < 4.78 is 5.03. The van der Waals surface area contributed by atoms with Crippen molar-refractivity contribution in [2.24, 2.45) is 5.92 Å². The van der Waals surface area contributed by atoms with E-state index in [1.165, 1.54) is 24.3 Å². The second kappa shape index (κ2) is 4.94. The Bertz CT molecular complexity index is 579. The third-order valence-corrected chi connectivity index (χ3v) is 2.94. The minimum atomic E-state index is -1.00. The second-order valence-corrected chi connectivity index (χ2v) is 4.10. The normalized spacial score (nSPS) is 18.2. The van der Waals surface area contributed by atoms with Crippen molar-refractivity contribution in [3.8, 4) is 11.8 Å². The minimum absolute atomic E-state index is 0.0423. The van der Waals surface area contributed by atoms with E-state index in [4.69, 9.17) is 15.1 Å². The molecule has 0 spiro atoms. The van der Waals surface area contributed by atoms with Gasteiger partial charge < -0.3 is 9.84 Å². The monoisotopic (exact) mass is 261 g/mol. The molecule has 1 amide bonds. The van der Waals surface area contributed by atoms with Gasteiger partial charge in [0, 0.05) is 19.0 Å². The van der Waals surface area contributed by atoms with E-state index >= 15 is 0 Å². The fourth-order valence-corrected chi connectivity index (χ4v) is 1.92. The van der Waals surface area contributed by atoms with Gasteiger partial charge in [0.1, 0.15) is 23.2 Å². The van der Waals surface area contributed by atoms with E-state index < -0.39 is 11.9 Å². The Labute approximate surface area is 109 Å². The maximum Gasteiger partial charge on any atom is 0.308 e. The van der Waals surface area contributed by atoms with E-state index in [9.17, 15) is 9.59 Å². The van der Waals surface area contributed by atoms with E-state index in [1.807, 2.05) is 6.07 Å². The van der Waals surface area contributed by atoms with Gasteiger partial charge in [-0.3, -0.25) is 14.5 Å². The Hall–Kier alpha value is -2.62. The fraction of sp³-hybridized carbons (Fsp3) is 0.333. The van der Waals surface area contributed by atoms with E-state index in [0.29, 0.717) is 11.6 Å². The molecule has 1 aromatic rings. The summed E-state index contributed by atoms with van der Waals surface area (Å²) in [4.78, 5) is 27.9. The van der Waals surface area contributed by atoms with Gasteiger partial charge in [0.15, 0.2) is 0 Å². The maximum atomic E-state index is 11.8. The Morgan fingerprint density at radius 1 is 1.68 bits per heavy atom. The molecule has 98 valence electrons. The molecule has 0 radical (unpaired) electrons. The molecule has 1 aromatic heterocycles. The van der Waals surface area contributed by atoms with Gasteiger partial charge in [-0.1, -0.05) is 0 Å². The number of aliphatic carboxylic acids is 1. The summed E-state index contributed by atoms with van der Waals surface area (Å²) in [5, 5.41) is 17.8. The van der Waals surface area contributed by atoms with E-state index in [1.54, 1.807) is 0 Å². The number of carbonyl (C=O) groups excluding carboxylic acids is 1. The quantitative estimate of drug-likeness (QED) is 0.844. The molecule has 0 bridgehead atoms. The topological polar surface area (TPSA) is 104 Å². The van der Waals surface area contributed by atoms with Gasteiger partial charge in [-0.2, -0.15) is 5.26 Å². The Balaban J connectivity index is 2.31. The summed E-state index contributed by atoms with van der Waals surface area (Å²) in [6.45, 7) is 0.0796. The van der Waals surface area contributed by atoms with Gasteiger partial charge in [0.05, 0.1) is 19.2 Å². The van der Waals surface area contributed by atoms with Crippen molar-refractivity contribution in [1.82, 2.24) is 4.98 Å². The van der Waals surface area contributed by atoms with Crippen LogP contribution in [-0.2, 0) is 9.59 Å². The fourth-order valence-electron chi connectivity index (χ4n) is 1.92. The van der Waals surface area contributed by atoms with Crippen LogP contribution in [0.4, 0.5) is 5.82 Å². The number of ether oxygens (including phenoxy) is 1. The first-order valence-corrected chi connectivity index (χ1v) is 5.54. The first-order chi connectivity index (χ1) is 9.06. The van der Waals surface area contributed by atoms with Gasteiger partial charge in [0.25, 0.3) is 0 Å². The Morgan fingerprint density at radius 3 is 2.95 bits per heavy atom. The van der Waals surface area contributed by atoms with Gasteiger partial charge in [-0.25, -0.2) is 4.98 Å². The van der Waals surface area contributed by atoms with E-state index in [2.05, 4.69) is 4.98 Å². The first kappa shape index (κ1) is 12.8. The highest BCUT2D eigenvalue weighted by molar-refractivity contribution is 5.98. The van der Waals surface area contributed by atoms with Crippen molar-refractivity contribution in [2.75, 3.05) is 18.6 Å². The summed E-state index contributed by atoms with van der Waals surface area (Å²) in [7, 11) is 1.41. The van der Waals surface area contributed by atoms with Crippen molar-refractivity contribution in [2.45, 2.75) is 6.42 Å². The zero-order valence-electron chi connectivity index (χ0n) is 10.2. The molecule has 1 unspecified atom stereocenters. The molecule has 0 aliphatic carbocycles. The largest absolute Gasteiger partial charge is 0.495 e. The summed E-state index contributed by atoms with van der Waals surface area (Å²) >= 11 is 0. The number of methoxy groups -OCH3 is 1. The molecule has 2 rings (SSSR count). The smallest absolute Gasteiger partial charge is 0.308 e. The highest BCUT2D eigenvalue weighted by Crippen LogP contribution is 2.27. The number of amides is 1. The van der Waals surface area contributed by atoms with Crippen LogP contribution in [0, 0.1) is 17.2 Å². The molecule has 1 aliphatic rings. The molecular formula is C12H11N3O4. The van der Waals surface area contributed by atoms with Crippen LogP contribution in [0.5, 0.6) is 5.75 Å². The molecule has 0 aromatic carbocycles. The molecule has 0 saturated carbocycles. The van der Waals surface area contributed by atoms with Crippen molar-refractivity contribution in [3.05, 3.63) is 17.8 Å². The molecule has 1 aliphatic heterocycles. The van der Waals surface area contributed by atoms with E-state index in [0.717, 1.165) is 0 Å². The predicted molar refractivity (Wildman–Crippen MR) is 63.6 cm³/mol. The predicted octanol–water partition coefficient (Wildman–Crippen LogP) is 0.399. The number of nitriles is 1. The number of rotatable bonds is 3. The number of anilines is 1. The third kappa shape index (κ3) is 2.33. The second-order valence-electron chi connectivity index (χ2n) is 4.10. The summed E-state index contributed by atoms with van der Waals surface area (Å²) in [5.41, 5.74) is 0.257. The minimum Gasteiger partial charge on any atom is -0.495 e. The van der Waals surface area contributed by atoms with Crippen molar-refractivity contribution in [3.63, 3.8) is 0 Å².